The number of rotatable bonds is 3. The molecule has 104 valence electrons. The Morgan fingerprint density at radius 2 is 2.16 bits per heavy atom. The van der Waals surface area contributed by atoms with Gasteiger partial charge >= 0.3 is 0 Å². The fourth-order valence-electron chi connectivity index (χ4n) is 3.67. The van der Waals surface area contributed by atoms with Gasteiger partial charge in [0.05, 0.1) is 12.7 Å². The molecule has 3 N–H and O–H groups in total. The summed E-state index contributed by atoms with van der Waals surface area (Å²) >= 11 is 0. The van der Waals surface area contributed by atoms with Crippen molar-refractivity contribution in [3.05, 3.63) is 35.4 Å². The quantitative estimate of drug-likeness (QED) is 0.867. The number of ether oxygens (including phenoxy) is 1. The average Bonchev–Trinajstić information content (AvgIpc) is 3.00. The molecule has 0 radical (unpaired) electrons. The van der Waals surface area contributed by atoms with Crippen molar-refractivity contribution in [1.82, 2.24) is 0 Å². The molecule has 2 aliphatic rings. The van der Waals surface area contributed by atoms with Gasteiger partial charge in [-0.2, -0.15) is 0 Å². The van der Waals surface area contributed by atoms with E-state index in [1.54, 1.807) is 0 Å². The van der Waals surface area contributed by atoms with Crippen molar-refractivity contribution in [3.63, 3.8) is 0 Å². The molecule has 3 rings (SSSR count). The smallest absolute Gasteiger partial charge is 0.0662 e. The molecule has 1 aromatic rings. The topological polar surface area (TPSA) is 55.5 Å². The lowest BCUT2D eigenvalue weighted by Gasteiger charge is -2.43. The summed E-state index contributed by atoms with van der Waals surface area (Å²) in [4.78, 5) is 0. The summed E-state index contributed by atoms with van der Waals surface area (Å²) in [6.07, 6.45) is 3.53. The van der Waals surface area contributed by atoms with Crippen molar-refractivity contribution in [2.24, 2.45) is 17.1 Å². The highest BCUT2D eigenvalue weighted by molar-refractivity contribution is 5.31. The van der Waals surface area contributed by atoms with Gasteiger partial charge in [-0.25, -0.2) is 0 Å². The molecule has 0 bridgehead atoms. The van der Waals surface area contributed by atoms with Gasteiger partial charge in [0.2, 0.25) is 0 Å². The van der Waals surface area contributed by atoms with Crippen LogP contribution in [0.2, 0.25) is 0 Å². The first-order valence-electron chi connectivity index (χ1n) is 7.28. The Hall–Kier alpha value is -0.900. The third kappa shape index (κ3) is 2.31. The first-order chi connectivity index (χ1) is 9.25. The Balaban J connectivity index is 1.84. The molecule has 3 unspecified atom stereocenters. The second-order valence-corrected chi connectivity index (χ2v) is 6.08. The third-order valence-corrected chi connectivity index (χ3v) is 5.00. The van der Waals surface area contributed by atoms with Crippen LogP contribution in [0, 0.1) is 11.3 Å². The van der Waals surface area contributed by atoms with Gasteiger partial charge in [-0.1, -0.05) is 24.3 Å². The average molecular weight is 261 g/mol. The first-order valence-corrected chi connectivity index (χ1v) is 7.28. The van der Waals surface area contributed by atoms with Gasteiger partial charge in [-0.3, -0.25) is 0 Å². The lowest BCUT2D eigenvalue weighted by Crippen LogP contribution is -2.49. The van der Waals surface area contributed by atoms with E-state index in [-0.39, 0.29) is 17.4 Å². The molecule has 19 heavy (non-hydrogen) atoms. The van der Waals surface area contributed by atoms with Crippen molar-refractivity contribution in [3.8, 4) is 0 Å². The van der Waals surface area contributed by atoms with Crippen LogP contribution < -0.4 is 5.73 Å². The van der Waals surface area contributed by atoms with E-state index in [4.69, 9.17) is 10.5 Å². The molecule has 3 nitrogen and oxygen atoms in total. The minimum absolute atomic E-state index is 0.160. The zero-order chi connectivity index (χ0) is 13.3. The predicted molar refractivity (Wildman–Crippen MR) is 74.9 cm³/mol. The van der Waals surface area contributed by atoms with E-state index >= 15 is 0 Å². The maximum atomic E-state index is 10.8. The number of hydrogen-bond acceptors (Lipinski definition) is 3. The highest BCUT2D eigenvalue weighted by Crippen LogP contribution is 2.41. The molecule has 1 aliphatic heterocycles. The number of aryl methyl sites for hydroxylation is 1. The number of nitrogens with two attached hydrogens (primary N) is 1. The Morgan fingerprint density at radius 1 is 1.37 bits per heavy atom. The van der Waals surface area contributed by atoms with E-state index in [2.05, 4.69) is 24.3 Å². The minimum Gasteiger partial charge on any atom is -0.392 e. The molecule has 1 aliphatic carbocycles. The zero-order valence-electron chi connectivity index (χ0n) is 11.3. The van der Waals surface area contributed by atoms with Crippen molar-refractivity contribution in [2.45, 2.75) is 31.8 Å². The maximum absolute atomic E-state index is 10.8. The van der Waals surface area contributed by atoms with E-state index in [1.165, 1.54) is 11.1 Å². The summed E-state index contributed by atoms with van der Waals surface area (Å²) in [5.41, 5.74) is 8.68. The summed E-state index contributed by atoms with van der Waals surface area (Å²) in [5.74, 6) is 0.258. The van der Waals surface area contributed by atoms with Crippen LogP contribution in [-0.2, 0) is 17.6 Å². The molecule has 1 aromatic carbocycles. The van der Waals surface area contributed by atoms with E-state index in [9.17, 15) is 5.11 Å². The second-order valence-electron chi connectivity index (χ2n) is 6.08. The number of aliphatic hydroxyl groups excluding tert-OH is 1. The lowest BCUT2D eigenvalue weighted by atomic mass is 9.65. The third-order valence-electron chi connectivity index (χ3n) is 5.00. The Bertz CT molecular complexity index is 442. The highest BCUT2D eigenvalue weighted by atomic mass is 16.5. The van der Waals surface area contributed by atoms with Crippen LogP contribution in [0.1, 0.15) is 24.0 Å². The molecule has 0 amide bonds. The number of benzene rings is 1. The SMILES string of the molecule is NCC1(C(O)C2CCOC2)CCc2ccccc2C1. The van der Waals surface area contributed by atoms with Crippen LogP contribution in [0.15, 0.2) is 24.3 Å². The van der Waals surface area contributed by atoms with Crippen LogP contribution >= 0.6 is 0 Å². The van der Waals surface area contributed by atoms with Crippen LogP contribution in [0.3, 0.4) is 0 Å². The Labute approximate surface area is 114 Å². The van der Waals surface area contributed by atoms with E-state index in [0.29, 0.717) is 13.2 Å². The van der Waals surface area contributed by atoms with Gasteiger partial charge < -0.3 is 15.6 Å². The van der Waals surface area contributed by atoms with Crippen molar-refractivity contribution in [1.29, 1.82) is 0 Å². The highest BCUT2D eigenvalue weighted by Gasteiger charge is 2.43. The van der Waals surface area contributed by atoms with Crippen molar-refractivity contribution in [2.75, 3.05) is 19.8 Å². The van der Waals surface area contributed by atoms with E-state index < -0.39 is 0 Å². The largest absolute Gasteiger partial charge is 0.392 e. The van der Waals surface area contributed by atoms with E-state index in [1.807, 2.05) is 0 Å². The molecule has 1 saturated heterocycles. The molecule has 1 fully saturated rings. The van der Waals surface area contributed by atoms with E-state index in [0.717, 1.165) is 32.3 Å². The molecule has 0 aromatic heterocycles. The fourth-order valence-corrected chi connectivity index (χ4v) is 3.67. The molecular formula is C16H23NO2. The molecule has 3 atom stereocenters. The molecule has 0 spiro atoms. The first kappa shape index (κ1) is 13.1. The Kier molecular flexibility index (Phi) is 3.61. The molecule has 0 saturated carbocycles. The van der Waals surface area contributed by atoms with Crippen LogP contribution in [0.5, 0.6) is 0 Å². The Morgan fingerprint density at radius 3 is 2.84 bits per heavy atom. The number of aliphatic hydroxyl groups is 1. The predicted octanol–water partition coefficient (Wildman–Crippen LogP) is 1.52. The maximum Gasteiger partial charge on any atom is 0.0662 e. The minimum atomic E-state index is -0.339. The van der Waals surface area contributed by atoms with Crippen molar-refractivity contribution < 1.29 is 9.84 Å². The fraction of sp³-hybridized carbons (Fsp3) is 0.625. The van der Waals surface area contributed by atoms with Gasteiger partial charge in [-0.05, 0) is 36.8 Å². The molecular weight excluding hydrogens is 238 g/mol. The van der Waals surface area contributed by atoms with Crippen LogP contribution in [0.25, 0.3) is 0 Å². The van der Waals surface area contributed by atoms with Gasteiger partial charge in [0, 0.05) is 24.5 Å². The molecule has 1 heterocycles. The normalized spacial score (nSPS) is 32.0. The summed E-state index contributed by atoms with van der Waals surface area (Å²) in [5, 5.41) is 10.8. The lowest BCUT2D eigenvalue weighted by molar-refractivity contribution is -0.0257. The molecule has 3 heteroatoms. The van der Waals surface area contributed by atoms with Crippen LogP contribution in [-0.4, -0.2) is 31.0 Å². The van der Waals surface area contributed by atoms with Gasteiger partial charge in [0.15, 0.2) is 0 Å². The number of fused-ring (bicyclic) bond motifs is 1. The second kappa shape index (κ2) is 5.23. The summed E-state index contributed by atoms with van der Waals surface area (Å²) in [7, 11) is 0. The van der Waals surface area contributed by atoms with Crippen molar-refractivity contribution >= 4 is 0 Å². The number of hydrogen-bond donors (Lipinski definition) is 2. The summed E-state index contributed by atoms with van der Waals surface area (Å²) < 4.78 is 5.43. The van der Waals surface area contributed by atoms with Crippen LogP contribution in [0.4, 0.5) is 0 Å². The van der Waals surface area contributed by atoms with Gasteiger partial charge in [-0.15, -0.1) is 0 Å². The standard InChI is InChI=1S/C16H23NO2/c17-11-16(15(18)14-6-8-19-10-14)7-5-12-3-1-2-4-13(12)9-16/h1-4,14-15,18H,5-11,17H2. The zero-order valence-corrected chi connectivity index (χ0v) is 11.3. The monoisotopic (exact) mass is 261 g/mol. The van der Waals surface area contributed by atoms with Gasteiger partial charge in [0.25, 0.3) is 0 Å². The van der Waals surface area contributed by atoms with Gasteiger partial charge in [0.1, 0.15) is 0 Å². The summed E-state index contributed by atoms with van der Waals surface area (Å²) in [6, 6.07) is 8.55. The summed E-state index contributed by atoms with van der Waals surface area (Å²) in [6.45, 7) is 2.02.